The SMILES string of the molecule is CC(C)CCC[C@@H](C)[C@H]1CC[C@H]2[C@@H](O)[C@@H](O)CC[C@]12C. The van der Waals surface area contributed by atoms with Gasteiger partial charge in [0.25, 0.3) is 0 Å². The molecule has 0 amide bonds. The molecular formula is C18H34O2. The highest BCUT2D eigenvalue weighted by Crippen LogP contribution is 2.58. The van der Waals surface area contributed by atoms with E-state index in [9.17, 15) is 10.2 Å². The van der Waals surface area contributed by atoms with Crippen molar-refractivity contribution in [3.8, 4) is 0 Å². The summed E-state index contributed by atoms with van der Waals surface area (Å²) >= 11 is 0. The molecule has 2 aliphatic carbocycles. The molecule has 2 rings (SSSR count). The lowest BCUT2D eigenvalue weighted by Crippen LogP contribution is -2.48. The first-order valence-electron chi connectivity index (χ1n) is 8.72. The van der Waals surface area contributed by atoms with Gasteiger partial charge in [-0.1, -0.05) is 47.0 Å². The zero-order valence-corrected chi connectivity index (χ0v) is 13.8. The van der Waals surface area contributed by atoms with Gasteiger partial charge in [0.15, 0.2) is 0 Å². The largest absolute Gasteiger partial charge is 0.390 e. The molecule has 6 atom stereocenters. The number of rotatable bonds is 5. The quantitative estimate of drug-likeness (QED) is 0.800. The van der Waals surface area contributed by atoms with Gasteiger partial charge in [-0.05, 0) is 54.8 Å². The normalized spacial score (nSPS) is 42.8. The minimum Gasteiger partial charge on any atom is -0.390 e. The Hall–Kier alpha value is -0.0800. The van der Waals surface area contributed by atoms with Crippen molar-refractivity contribution in [3.63, 3.8) is 0 Å². The van der Waals surface area contributed by atoms with E-state index in [-0.39, 0.29) is 5.41 Å². The summed E-state index contributed by atoms with van der Waals surface area (Å²) in [5.74, 6) is 2.62. The van der Waals surface area contributed by atoms with Gasteiger partial charge in [-0.15, -0.1) is 0 Å². The summed E-state index contributed by atoms with van der Waals surface area (Å²) < 4.78 is 0. The summed E-state index contributed by atoms with van der Waals surface area (Å²) in [6.07, 6.45) is 7.24. The van der Waals surface area contributed by atoms with Crippen molar-refractivity contribution in [1.82, 2.24) is 0 Å². The van der Waals surface area contributed by atoms with E-state index in [1.165, 1.54) is 25.7 Å². The fraction of sp³-hybridized carbons (Fsp3) is 1.00. The second-order valence-corrected chi connectivity index (χ2v) is 8.19. The molecule has 0 radical (unpaired) electrons. The fourth-order valence-electron chi connectivity index (χ4n) is 5.11. The molecule has 2 nitrogen and oxygen atoms in total. The molecule has 0 aromatic carbocycles. The van der Waals surface area contributed by atoms with Crippen LogP contribution in [-0.2, 0) is 0 Å². The number of hydrogen-bond acceptors (Lipinski definition) is 2. The first-order chi connectivity index (χ1) is 9.36. The second kappa shape index (κ2) is 6.36. The van der Waals surface area contributed by atoms with Crippen molar-refractivity contribution in [3.05, 3.63) is 0 Å². The first-order valence-corrected chi connectivity index (χ1v) is 8.72. The third kappa shape index (κ3) is 3.06. The van der Waals surface area contributed by atoms with Gasteiger partial charge < -0.3 is 10.2 Å². The molecule has 0 aromatic heterocycles. The molecule has 0 bridgehead atoms. The lowest BCUT2D eigenvalue weighted by molar-refractivity contribution is -0.101. The third-order valence-electron chi connectivity index (χ3n) is 6.40. The summed E-state index contributed by atoms with van der Waals surface area (Å²) in [5, 5.41) is 20.2. The maximum absolute atomic E-state index is 10.3. The summed E-state index contributed by atoms with van der Waals surface area (Å²) in [6, 6.07) is 0. The Morgan fingerprint density at radius 1 is 1.05 bits per heavy atom. The van der Waals surface area contributed by atoms with Gasteiger partial charge >= 0.3 is 0 Å². The Balaban J connectivity index is 1.96. The summed E-state index contributed by atoms with van der Waals surface area (Å²) in [6.45, 7) is 9.40. The second-order valence-electron chi connectivity index (χ2n) is 8.19. The topological polar surface area (TPSA) is 40.5 Å². The molecule has 2 N–H and O–H groups in total. The number of aliphatic hydroxyl groups is 2. The zero-order chi connectivity index (χ0) is 14.9. The third-order valence-corrected chi connectivity index (χ3v) is 6.40. The van der Waals surface area contributed by atoms with E-state index in [4.69, 9.17) is 0 Å². The summed E-state index contributed by atoms with van der Waals surface area (Å²) in [4.78, 5) is 0. The first kappa shape index (κ1) is 16.3. The number of fused-ring (bicyclic) bond motifs is 1. The predicted molar refractivity (Wildman–Crippen MR) is 83.4 cm³/mol. The highest BCUT2D eigenvalue weighted by molar-refractivity contribution is 5.03. The zero-order valence-electron chi connectivity index (χ0n) is 13.8. The summed E-state index contributed by atoms with van der Waals surface area (Å²) in [7, 11) is 0. The molecule has 0 unspecified atom stereocenters. The maximum atomic E-state index is 10.3. The predicted octanol–water partition coefficient (Wildman–Crippen LogP) is 4.00. The number of aliphatic hydroxyl groups excluding tert-OH is 2. The molecule has 118 valence electrons. The minimum atomic E-state index is -0.485. The highest BCUT2D eigenvalue weighted by Gasteiger charge is 2.54. The lowest BCUT2D eigenvalue weighted by Gasteiger charge is -2.47. The van der Waals surface area contributed by atoms with Crippen LogP contribution in [0.25, 0.3) is 0 Å². The van der Waals surface area contributed by atoms with E-state index in [1.807, 2.05) is 0 Å². The van der Waals surface area contributed by atoms with Crippen LogP contribution in [0.3, 0.4) is 0 Å². The maximum Gasteiger partial charge on any atom is 0.0832 e. The van der Waals surface area contributed by atoms with Crippen molar-refractivity contribution < 1.29 is 10.2 Å². The van der Waals surface area contributed by atoms with Crippen LogP contribution < -0.4 is 0 Å². The Morgan fingerprint density at radius 2 is 1.75 bits per heavy atom. The van der Waals surface area contributed by atoms with E-state index in [2.05, 4.69) is 27.7 Å². The van der Waals surface area contributed by atoms with Gasteiger partial charge in [0.1, 0.15) is 0 Å². The smallest absolute Gasteiger partial charge is 0.0832 e. The molecule has 2 fully saturated rings. The molecule has 0 spiro atoms. The van der Waals surface area contributed by atoms with Gasteiger partial charge in [0.05, 0.1) is 12.2 Å². The van der Waals surface area contributed by atoms with Crippen molar-refractivity contribution in [2.45, 2.75) is 84.8 Å². The van der Waals surface area contributed by atoms with E-state index >= 15 is 0 Å². The molecule has 0 aromatic rings. The molecule has 0 saturated heterocycles. The highest BCUT2D eigenvalue weighted by atomic mass is 16.3. The van der Waals surface area contributed by atoms with Crippen LogP contribution in [0.15, 0.2) is 0 Å². The van der Waals surface area contributed by atoms with Gasteiger partial charge in [-0.2, -0.15) is 0 Å². The van der Waals surface area contributed by atoms with Crippen LogP contribution in [0.1, 0.15) is 72.6 Å². The van der Waals surface area contributed by atoms with Crippen molar-refractivity contribution in [2.75, 3.05) is 0 Å². The van der Waals surface area contributed by atoms with Crippen LogP contribution in [-0.4, -0.2) is 22.4 Å². The number of hydrogen-bond donors (Lipinski definition) is 2. The van der Waals surface area contributed by atoms with Gasteiger partial charge in [-0.3, -0.25) is 0 Å². The molecule has 2 saturated carbocycles. The average molecular weight is 282 g/mol. The molecule has 2 aliphatic rings. The van der Waals surface area contributed by atoms with Gasteiger partial charge in [0, 0.05) is 0 Å². The lowest BCUT2D eigenvalue weighted by atomic mass is 9.61. The molecule has 2 heteroatoms. The van der Waals surface area contributed by atoms with Crippen LogP contribution in [0.2, 0.25) is 0 Å². The van der Waals surface area contributed by atoms with E-state index in [1.54, 1.807) is 0 Å². The molecule has 0 heterocycles. The Labute approximate surface area is 125 Å². The van der Waals surface area contributed by atoms with E-state index < -0.39 is 12.2 Å². The Morgan fingerprint density at radius 3 is 2.40 bits per heavy atom. The minimum absolute atomic E-state index is 0.260. The van der Waals surface area contributed by atoms with Gasteiger partial charge in [0.2, 0.25) is 0 Å². The van der Waals surface area contributed by atoms with E-state index in [0.717, 1.165) is 37.0 Å². The van der Waals surface area contributed by atoms with Crippen molar-refractivity contribution in [2.24, 2.45) is 29.1 Å². The van der Waals surface area contributed by atoms with Gasteiger partial charge in [-0.25, -0.2) is 0 Å². The van der Waals surface area contributed by atoms with Crippen LogP contribution >= 0.6 is 0 Å². The molecule has 0 aliphatic heterocycles. The van der Waals surface area contributed by atoms with E-state index in [0.29, 0.717) is 5.92 Å². The monoisotopic (exact) mass is 282 g/mol. The fourth-order valence-corrected chi connectivity index (χ4v) is 5.11. The van der Waals surface area contributed by atoms with Crippen molar-refractivity contribution in [1.29, 1.82) is 0 Å². The van der Waals surface area contributed by atoms with Crippen LogP contribution in [0.5, 0.6) is 0 Å². The van der Waals surface area contributed by atoms with Crippen molar-refractivity contribution >= 4 is 0 Å². The van der Waals surface area contributed by atoms with Crippen LogP contribution in [0, 0.1) is 29.1 Å². The van der Waals surface area contributed by atoms with Crippen LogP contribution in [0.4, 0.5) is 0 Å². The average Bonchev–Trinajstić information content (AvgIpc) is 2.72. The molecule has 20 heavy (non-hydrogen) atoms. The Kier molecular flexibility index (Phi) is 5.18. The Bertz CT molecular complexity index is 315. The standard InChI is InChI=1S/C18H34O2/c1-12(2)6-5-7-13(3)14-8-9-15-17(20)16(19)10-11-18(14,15)4/h12-17,19-20H,5-11H2,1-4H3/t13-,14-,15+,16+,17-,18-/m1/s1. The molecular weight excluding hydrogens is 248 g/mol. The summed E-state index contributed by atoms with van der Waals surface area (Å²) in [5.41, 5.74) is 0.260.